The number of nitrogens with two attached hydrogens (primary N) is 1. The van der Waals surface area contributed by atoms with Crippen molar-refractivity contribution in [3.05, 3.63) is 71.3 Å². The molecule has 6 nitrogen and oxygen atoms in total. The largest absolute Gasteiger partial charge is 0.344 e. The molecule has 1 fully saturated rings. The van der Waals surface area contributed by atoms with Gasteiger partial charge in [0.15, 0.2) is 0 Å². The lowest BCUT2D eigenvalue weighted by atomic mass is 9.89. The van der Waals surface area contributed by atoms with Crippen molar-refractivity contribution in [2.45, 2.75) is 44.2 Å². The van der Waals surface area contributed by atoms with E-state index in [0.29, 0.717) is 19.0 Å². The van der Waals surface area contributed by atoms with E-state index in [2.05, 4.69) is 0 Å². The number of benzene rings is 2. The third kappa shape index (κ3) is 5.37. The first-order valence-corrected chi connectivity index (χ1v) is 10.5. The summed E-state index contributed by atoms with van der Waals surface area (Å²) in [6.07, 6.45) is 0.484. The normalized spacial score (nSPS) is 19.9. The van der Waals surface area contributed by atoms with Crippen LogP contribution in [0.3, 0.4) is 0 Å². The van der Waals surface area contributed by atoms with Crippen LogP contribution >= 0.6 is 0 Å². The third-order valence-electron chi connectivity index (χ3n) is 5.74. The van der Waals surface area contributed by atoms with Gasteiger partial charge in [-0.15, -0.1) is 0 Å². The molecule has 1 aliphatic rings. The van der Waals surface area contributed by atoms with Crippen LogP contribution < -0.4 is 5.73 Å². The number of hydrogen-bond donors (Lipinski definition) is 1. The summed E-state index contributed by atoms with van der Waals surface area (Å²) in [5.41, 5.74) is 6.88. The van der Waals surface area contributed by atoms with E-state index >= 15 is 0 Å². The van der Waals surface area contributed by atoms with Gasteiger partial charge in [-0.2, -0.15) is 0 Å². The van der Waals surface area contributed by atoms with Crippen LogP contribution in [0.1, 0.15) is 36.8 Å². The zero-order valence-electron chi connectivity index (χ0n) is 18.1. The topological polar surface area (TPSA) is 83.7 Å². The number of rotatable bonds is 5. The molecule has 0 radical (unpaired) electrons. The molecule has 0 aromatic heterocycles. The quantitative estimate of drug-likeness (QED) is 0.770. The molecular formula is C24H27F2N3O3. The molecule has 1 aliphatic heterocycles. The van der Waals surface area contributed by atoms with Gasteiger partial charge in [-0.05, 0) is 48.9 Å². The first kappa shape index (κ1) is 23.5. The minimum Gasteiger partial charge on any atom is -0.344 e. The Bertz CT molecular complexity index is 977. The Hall–Kier alpha value is -3.13. The average molecular weight is 443 g/mol. The molecular weight excluding hydrogens is 416 g/mol. The minimum absolute atomic E-state index is 0.0575. The number of carbonyl (C=O) groups is 3. The van der Waals surface area contributed by atoms with E-state index in [4.69, 9.17) is 5.73 Å². The Morgan fingerprint density at radius 3 is 2.38 bits per heavy atom. The van der Waals surface area contributed by atoms with Gasteiger partial charge in [-0.1, -0.05) is 30.3 Å². The summed E-state index contributed by atoms with van der Waals surface area (Å²) in [5.74, 6) is -3.50. The number of imide groups is 1. The Morgan fingerprint density at radius 2 is 1.78 bits per heavy atom. The van der Waals surface area contributed by atoms with E-state index in [9.17, 15) is 23.2 Å². The maximum Gasteiger partial charge on any atom is 0.246 e. The number of amides is 3. The lowest BCUT2D eigenvalue weighted by Crippen LogP contribution is -2.56. The molecule has 1 heterocycles. The highest BCUT2D eigenvalue weighted by molar-refractivity contribution is 6.02. The van der Waals surface area contributed by atoms with Crippen LogP contribution in [-0.4, -0.2) is 53.2 Å². The van der Waals surface area contributed by atoms with Crippen LogP contribution in [0.15, 0.2) is 48.5 Å². The molecule has 0 bridgehead atoms. The summed E-state index contributed by atoms with van der Waals surface area (Å²) in [4.78, 5) is 41.8. The third-order valence-corrected chi connectivity index (χ3v) is 5.74. The summed E-state index contributed by atoms with van der Waals surface area (Å²) in [6.45, 7) is 1.91. The van der Waals surface area contributed by atoms with E-state index in [1.54, 1.807) is 7.05 Å². The van der Waals surface area contributed by atoms with Gasteiger partial charge in [-0.25, -0.2) is 8.78 Å². The molecule has 1 saturated heterocycles. The number of carbonyl (C=O) groups excluding carboxylic acids is 3. The van der Waals surface area contributed by atoms with E-state index in [1.165, 1.54) is 11.8 Å². The van der Waals surface area contributed by atoms with Crippen molar-refractivity contribution in [1.82, 2.24) is 9.80 Å². The Balaban J connectivity index is 1.96. The van der Waals surface area contributed by atoms with Crippen molar-refractivity contribution in [2.24, 2.45) is 5.73 Å². The van der Waals surface area contributed by atoms with E-state index < -0.39 is 42.0 Å². The molecule has 8 heteroatoms. The summed E-state index contributed by atoms with van der Waals surface area (Å²) in [7, 11) is 1.63. The van der Waals surface area contributed by atoms with Crippen molar-refractivity contribution in [3.8, 4) is 0 Å². The summed E-state index contributed by atoms with van der Waals surface area (Å²) < 4.78 is 27.2. The van der Waals surface area contributed by atoms with Crippen LogP contribution in [0.25, 0.3) is 0 Å². The van der Waals surface area contributed by atoms with Crippen molar-refractivity contribution >= 4 is 17.7 Å². The molecule has 2 N–H and O–H groups in total. The molecule has 0 aliphatic carbocycles. The van der Waals surface area contributed by atoms with Crippen LogP contribution in [0.4, 0.5) is 8.78 Å². The first-order chi connectivity index (χ1) is 15.2. The molecule has 2 aromatic rings. The van der Waals surface area contributed by atoms with Crippen LogP contribution in [0, 0.1) is 11.6 Å². The van der Waals surface area contributed by atoms with Crippen molar-refractivity contribution in [3.63, 3.8) is 0 Å². The maximum absolute atomic E-state index is 13.6. The molecule has 3 rings (SSSR count). The van der Waals surface area contributed by atoms with Gasteiger partial charge in [0.2, 0.25) is 17.7 Å². The number of nitrogens with zero attached hydrogens (tertiary/aromatic N) is 2. The summed E-state index contributed by atoms with van der Waals surface area (Å²) >= 11 is 0. The van der Waals surface area contributed by atoms with Gasteiger partial charge < -0.3 is 10.6 Å². The first-order valence-electron chi connectivity index (χ1n) is 10.5. The van der Waals surface area contributed by atoms with Gasteiger partial charge in [-0.3, -0.25) is 19.3 Å². The SMILES string of the molecule is C[C@H](N)C(=O)N(C(=O)Cc1cc(F)cc(F)c1)[C@H]1C[C@@H](c2ccccc2)CCN(C)C1=O. The highest BCUT2D eigenvalue weighted by atomic mass is 19.1. The van der Waals surface area contributed by atoms with Gasteiger partial charge in [0, 0.05) is 19.7 Å². The molecule has 0 spiro atoms. The second-order valence-electron chi connectivity index (χ2n) is 8.25. The smallest absolute Gasteiger partial charge is 0.246 e. The molecule has 32 heavy (non-hydrogen) atoms. The van der Waals surface area contributed by atoms with Crippen molar-refractivity contribution < 1.29 is 23.2 Å². The summed E-state index contributed by atoms with van der Waals surface area (Å²) in [6, 6.07) is 10.3. The van der Waals surface area contributed by atoms with Gasteiger partial charge in [0.05, 0.1) is 12.5 Å². The molecule has 3 atom stereocenters. The van der Waals surface area contributed by atoms with Crippen molar-refractivity contribution in [2.75, 3.05) is 13.6 Å². The number of hydrogen-bond acceptors (Lipinski definition) is 4. The highest BCUT2D eigenvalue weighted by Gasteiger charge is 2.40. The lowest BCUT2D eigenvalue weighted by Gasteiger charge is -2.32. The van der Waals surface area contributed by atoms with Gasteiger partial charge >= 0.3 is 0 Å². The van der Waals surface area contributed by atoms with E-state index in [0.717, 1.165) is 22.6 Å². The predicted molar refractivity (Wildman–Crippen MR) is 115 cm³/mol. The fourth-order valence-corrected chi connectivity index (χ4v) is 4.09. The predicted octanol–water partition coefficient (Wildman–Crippen LogP) is 2.61. The number of halogens is 2. The standard InChI is InChI=1S/C24H27F2N3O3/c1-15(27)23(31)29(22(30)12-16-10-19(25)14-20(26)11-16)21-13-18(8-9-28(2)24(21)32)17-6-4-3-5-7-17/h3-7,10-11,14-15,18,21H,8-9,12-13,27H2,1-2H3/t15-,18-,21-/m0/s1. The zero-order valence-corrected chi connectivity index (χ0v) is 18.1. The monoisotopic (exact) mass is 443 g/mol. The molecule has 0 saturated carbocycles. The molecule has 170 valence electrons. The van der Waals surface area contributed by atoms with Crippen LogP contribution in [-0.2, 0) is 20.8 Å². The van der Waals surface area contributed by atoms with Gasteiger partial charge in [0.1, 0.15) is 17.7 Å². The fraction of sp³-hybridized carbons (Fsp3) is 0.375. The van der Waals surface area contributed by atoms with Crippen LogP contribution in [0.2, 0.25) is 0 Å². The fourth-order valence-electron chi connectivity index (χ4n) is 4.09. The average Bonchev–Trinajstić information content (AvgIpc) is 2.87. The minimum atomic E-state index is -1.06. The van der Waals surface area contributed by atoms with E-state index in [-0.39, 0.29) is 23.8 Å². The Labute approximate surface area is 186 Å². The summed E-state index contributed by atoms with van der Waals surface area (Å²) in [5, 5.41) is 0. The maximum atomic E-state index is 13.6. The zero-order chi connectivity index (χ0) is 23.4. The molecule has 3 amide bonds. The van der Waals surface area contributed by atoms with Gasteiger partial charge in [0.25, 0.3) is 0 Å². The lowest BCUT2D eigenvalue weighted by molar-refractivity contribution is -0.154. The van der Waals surface area contributed by atoms with E-state index in [1.807, 2.05) is 30.3 Å². The second kappa shape index (κ2) is 9.99. The molecule has 0 unspecified atom stereocenters. The second-order valence-corrected chi connectivity index (χ2v) is 8.25. The Kier molecular flexibility index (Phi) is 7.35. The number of likely N-dealkylation sites (N-methyl/N-ethyl adjacent to an activating group) is 1. The van der Waals surface area contributed by atoms with Crippen molar-refractivity contribution in [1.29, 1.82) is 0 Å². The number of likely N-dealkylation sites (tertiary alicyclic amines) is 1. The Morgan fingerprint density at radius 1 is 1.16 bits per heavy atom. The van der Waals surface area contributed by atoms with Crippen LogP contribution in [0.5, 0.6) is 0 Å². The highest BCUT2D eigenvalue weighted by Crippen LogP contribution is 2.31. The molecule has 2 aromatic carbocycles.